The van der Waals surface area contributed by atoms with E-state index >= 15 is 0 Å². The Morgan fingerprint density at radius 1 is 1.29 bits per heavy atom. The van der Waals surface area contributed by atoms with E-state index in [1.165, 1.54) is 18.2 Å². The van der Waals surface area contributed by atoms with Crippen molar-refractivity contribution in [2.45, 2.75) is 0 Å². The van der Waals surface area contributed by atoms with Crippen molar-refractivity contribution in [3.63, 3.8) is 0 Å². The molecule has 6 nitrogen and oxygen atoms in total. The smallest absolute Gasteiger partial charge is 0.240 e. The number of likely N-dealkylation sites (N-methyl/N-ethyl adjacent to an activating group) is 1. The molecule has 0 saturated carbocycles. The number of sulfonamides is 1. The number of nitrogens with zero attached hydrogens (tertiary/aromatic N) is 2. The molecule has 1 aromatic carbocycles. The molecular formula is C13H20FN3O3S. The van der Waals surface area contributed by atoms with Crippen LogP contribution in [0, 0.1) is 5.82 Å². The molecule has 1 rings (SSSR count). The number of anilines is 1. The first-order chi connectivity index (χ1) is 9.71. The summed E-state index contributed by atoms with van der Waals surface area (Å²) < 4.78 is 38.0. The van der Waals surface area contributed by atoms with Gasteiger partial charge in [0.1, 0.15) is 12.4 Å². The molecule has 0 aliphatic rings. The summed E-state index contributed by atoms with van der Waals surface area (Å²) in [5, 5.41) is 2.60. The van der Waals surface area contributed by atoms with Crippen molar-refractivity contribution in [3.05, 3.63) is 30.1 Å². The van der Waals surface area contributed by atoms with Crippen LogP contribution in [0.25, 0.3) is 0 Å². The molecule has 118 valence electrons. The zero-order chi connectivity index (χ0) is 16.0. The molecule has 0 aliphatic heterocycles. The molecule has 1 aromatic rings. The largest absolute Gasteiger partial charge is 0.353 e. The molecule has 0 atom stereocenters. The van der Waals surface area contributed by atoms with E-state index in [9.17, 15) is 17.6 Å². The minimum absolute atomic E-state index is 0.136. The van der Waals surface area contributed by atoms with Crippen LogP contribution in [0.4, 0.5) is 10.1 Å². The van der Waals surface area contributed by atoms with Crippen molar-refractivity contribution < 1.29 is 17.6 Å². The van der Waals surface area contributed by atoms with Crippen molar-refractivity contribution in [1.29, 1.82) is 0 Å². The standard InChI is InChI=1S/C13H20FN3O3S/c1-16(2)9-8-15-13(18)10-17(21(3,19)20)12-7-5-4-6-11(12)14/h4-7H,8-10H2,1-3H3,(H,15,18). The summed E-state index contributed by atoms with van der Waals surface area (Å²) >= 11 is 0. The minimum atomic E-state index is -3.75. The summed E-state index contributed by atoms with van der Waals surface area (Å²) in [6.45, 7) is 0.568. The Hall–Kier alpha value is -1.67. The topological polar surface area (TPSA) is 69.7 Å². The third-order valence-corrected chi connectivity index (χ3v) is 3.82. The van der Waals surface area contributed by atoms with Crippen molar-refractivity contribution >= 4 is 21.6 Å². The molecule has 0 heterocycles. The highest BCUT2D eigenvalue weighted by atomic mass is 32.2. The van der Waals surface area contributed by atoms with Gasteiger partial charge in [-0.3, -0.25) is 9.10 Å². The number of para-hydroxylation sites is 1. The average molecular weight is 317 g/mol. The average Bonchev–Trinajstić information content (AvgIpc) is 2.35. The number of carbonyl (C=O) groups is 1. The molecule has 8 heteroatoms. The summed E-state index contributed by atoms with van der Waals surface area (Å²) in [4.78, 5) is 13.7. The second-order valence-electron chi connectivity index (χ2n) is 4.87. The quantitative estimate of drug-likeness (QED) is 0.784. The van der Waals surface area contributed by atoms with Crippen LogP contribution in [-0.2, 0) is 14.8 Å². The Balaban J connectivity index is 2.82. The first kappa shape index (κ1) is 17.4. The Labute approximate surface area is 124 Å². The molecule has 0 aromatic heterocycles. The van der Waals surface area contributed by atoms with Gasteiger partial charge in [0.25, 0.3) is 0 Å². The molecule has 1 amide bonds. The Kier molecular flexibility index (Phi) is 6.10. The molecular weight excluding hydrogens is 297 g/mol. The molecule has 21 heavy (non-hydrogen) atoms. The van der Waals surface area contributed by atoms with E-state index in [0.29, 0.717) is 13.1 Å². The van der Waals surface area contributed by atoms with Gasteiger partial charge in [0.15, 0.2) is 0 Å². The highest BCUT2D eigenvalue weighted by Crippen LogP contribution is 2.20. The van der Waals surface area contributed by atoms with Gasteiger partial charge in [-0.2, -0.15) is 0 Å². The van der Waals surface area contributed by atoms with Gasteiger partial charge in [-0.15, -0.1) is 0 Å². The highest BCUT2D eigenvalue weighted by molar-refractivity contribution is 7.92. The summed E-state index contributed by atoms with van der Waals surface area (Å²) in [5.41, 5.74) is -0.136. The van der Waals surface area contributed by atoms with E-state index in [0.717, 1.165) is 16.6 Å². The molecule has 0 radical (unpaired) electrons. The molecule has 0 fully saturated rings. The van der Waals surface area contributed by atoms with Crippen LogP contribution < -0.4 is 9.62 Å². The van der Waals surface area contributed by atoms with Crippen molar-refractivity contribution in [3.8, 4) is 0 Å². The van der Waals surface area contributed by atoms with Gasteiger partial charge in [-0.05, 0) is 26.2 Å². The van der Waals surface area contributed by atoms with Crippen LogP contribution in [0.2, 0.25) is 0 Å². The SMILES string of the molecule is CN(C)CCNC(=O)CN(c1ccccc1F)S(C)(=O)=O. The number of hydrogen-bond donors (Lipinski definition) is 1. The Morgan fingerprint density at radius 3 is 2.43 bits per heavy atom. The number of carbonyl (C=O) groups excluding carboxylic acids is 1. The van der Waals surface area contributed by atoms with Crippen molar-refractivity contribution in [2.24, 2.45) is 0 Å². The fourth-order valence-corrected chi connectivity index (χ4v) is 2.50. The molecule has 0 spiro atoms. The van der Waals surface area contributed by atoms with Gasteiger partial charge >= 0.3 is 0 Å². The number of rotatable bonds is 7. The maximum Gasteiger partial charge on any atom is 0.240 e. The lowest BCUT2D eigenvalue weighted by Crippen LogP contribution is -2.42. The summed E-state index contributed by atoms with van der Waals surface area (Å²) in [6.07, 6.45) is 0.937. The maximum absolute atomic E-state index is 13.7. The molecule has 1 N–H and O–H groups in total. The van der Waals surface area contributed by atoms with E-state index in [-0.39, 0.29) is 5.69 Å². The van der Waals surface area contributed by atoms with E-state index in [1.54, 1.807) is 0 Å². The normalized spacial score (nSPS) is 11.5. The number of benzene rings is 1. The number of halogens is 1. The fraction of sp³-hybridized carbons (Fsp3) is 0.462. The third-order valence-electron chi connectivity index (χ3n) is 2.69. The zero-order valence-corrected chi connectivity index (χ0v) is 13.2. The minimum Gasteiger partial charge on any atom is -0.353 e. The molecule has 0 saturated heterocycles. The molecule has 0 aliphatic carbocycles. The van der Waals surface area contributed by atoms with Crippen LogP contribution in [0.1, 0.15) is 0 Å². The monoisotopic (exact) mass is 317 g/mol. The first-order valence-corrected chi connectivity index (χ1v) is 8.20. The first-order valence-electron chi connectivity index (χ1n) is 6.35. The number of hydrogen-bond acceptors (Lipinski definition) is 4. The van der Waals surface area contributed by atoms with Gasteiger partial charge in [-0.1, -0.05) is 12.1 Å². The third kappa shape index (κ3) is 5.68. The lowest BCUT2D eigenvalue weighted by molar-refractivity contribution is -0.119. The zero-order valence-electron chi connectivity index (χ0n) is 12.3. The maximum atomic E-state index is 13.7. The molecule has 0 unspecified atom stereocenters. The Morgan fingerprint density at radius 2 is 1.90 bits per heavy atom. The van der Waals surface area contributed by atoms with Gasteiger partial charge in [-0.25, -0.2) is 12.8 Å². The lowest BCUT2D eigenvalue weighted by Gasteiger charge is -2.22. The second kappa shape index (κ2) is 7.37. The van der Waals surface area contributed by atoms with Crippen LogP contribution >= 0.6 is 0 Å². The van der Waals surface area contributed by atoms with E-state index in [4.69, 9.17) is 0 Å². The fourth-order valence-electron chi connectivity index (χ4n) is 1.64. The van der Waals surface area contributed by atoms with Gasteiger partial charge in [0.2, 0.25) is 15.9 Å². The van der Waals surface area contributed by atoms with E-state index in [2.05, 4.69) is 5.32 Å². The highest BCUT2D eigenvalue weighted by Gasteiger charge is 2.23. The van der Waals surface area contributed by atoms with Crippen LogP contribution in [0.3, 0.4) is 0 Å². The van der Waals surface area contributed by atoms with Crippen molar-refractivity contribution in [1.82, 2.24) is 10.2 Å². The number of nitrogens with one attached hydrogen (secondary N) is 1. The van der Waals surface area contributed by atoms with Crippen LogP contribution in [0.5, 0.6) is 0 Å². The van der Waals surface area contributed by atoms with Gasteiger partial charge in [0, 0.05) is 13.1 Å². The lowest BCUT2D eigenvalue weighted by atomic mass is 10.3. The summed E-state index contributed by atoms with van der Waals surface area (Å²) in [6, 6.07) is 5.44. The summed E-state index contributed by atoms with van der Waals surface area (Å²) in [5.74, 6) is -1.17. The van der Waals surface area contributed by atoms with E-state index in [1.807, 2.05) is 19.0 Å². The Bertz CT molecular complexity index is 590. The van der Waals surface area contributed by atoms with Crippen LogP contribution in [0.15, 0.2) is 24.3 Å². The van der Waals surface area contributed by atoms with Gasteiger partial charge in [0.05, 0.1) is 11.9 Å². The van der Waals surface area contributed by atoms with Gasteiger partial charge < -0.3 is 10.2 Å². The van der Waals surface area contributed by atoms with E-state index < -0.39 is 28.3 Å². The molecule has 0 bridgehead atoms. The predicted molar refractivity (Wildman–Crippen MR) is 80.2 cm³/mol. The number of amides is 1. The predicted octanol–water partition coefficient (Wildman–Crippen LogP) is 0.269. The summed E-state index contributed by atoms with van der Waals surface area (Å²) in [7, 11) is -0.0439. The van der Waals surface area contributed by atoms with Crippen LogP contribution in [-0.4, -0.2) is 59.2 Å². The van der Waals surface area contributed by atoms with Crippen molar-refractivity contribution in [2.75, 3.05) is 44.3 Å². The second-order valence-corrected chi connectivity index (χ2v) is 6.78.